The number of hydrogen-bond acceptors (Lipinski definition) is 4. The fourth-order valence-electron chi connectivity index (χ4n) is 5.33. The first-order valence-electron chi connectivity index (χ1n) is 13.0. The number of aryl methyl sites for hydroxylation is 1. The number of fused-ring (bicyclic) bond motifs is 1. The Morgan fingerprint density at radius 1 is 1.08 bits per heavy atom. The van der Waals surface area contributed by atoms with Gasteiger partial charge in [-0.25, -0.2) is 4.68 Å². The van der Waals surface area contributed by atoms with Crippen LogP contribution < -0.4 is 16.0 Å². The van der Waals surface area contributed by atoms with E-state index < -0.39 is 0 Å². The summed E-state index contributed by atoms with van der Waals surface area (Å²) in [5.41, 5.74) is 8.10. The van der Waals surface area contributed by atoms with Gasteiger partial charge in [-0.3, -0.25) is 9.59 Å². The van der Waals surface area contributed by atoms with Gasteiger partial charge in [-0.15, -0.1) is 0 Å². The molecule has 38 heavy (non-hydrogen) atoms. The van der Waals surface area contributed by atoms with Gasteiger partial charge in [-0.2, -0.15) is 5.10 Å². The molecule has 192 valence electrons. The van der Waals surface area contributed by atoms with Crippen LogP contribution in [0.25, 0.3) is 28.5 Å². The number of benzene rings is 2. The topological polar surface area (TPSA) is 104 Å². The maximum Gasteiger partial charge on any atom is 0.256 e. The molecule has 0 spiro atoms. The van der Waals surface area contributed by atoms with Gasteiger partial charge in [0.1, 0.15) is 0 Å². The van der Waals surface area contributed by atoms with Crippen LogP contribution in [0.2, 0.25) is 0 Å². The second-order valence-electron chi connectivity index (χ2n) is 9.94. The average Bonchev–Trinajstić information content (AvgIpc) is 3.61. The summed E-state index contributed by atoms with van der Waals surface area (Å²) in [6.07, 6.45) is 7.51. The molecule has 0 radical (unpaired) electrons. The molecular formula is C30H30N6O2. The molecule has 2 aromatic carbocycles. The van der Waals surface area contributed by atoms with Crippen molar-refractivity contribution in [3.05, 3.63) is 89.0 Å². The average molecular weight is 507 g/mol. The molecule has 0 unspecified atom stereocenters. The molecule has 4 heterocycles. The van der Waals surface area contributed by atoms with Crippen LogP contribution >= 0.6 is 0 Å². The number of rotatable bonds is 5. The minimum atomic E-state index is -0.163. The molecule has 2 aromatic heterocycles. The predicted molar refractivity (Wildman–Crippen MR) is 149 cm³/mol. The molecule has 2 amide bonds. The van der Waals surface area contributed by atoms with Crippen LogP contribution in [0.4, 0.5) is 5.69 Å². The van der Waals surface area contributed by atoms with Gasteiger partial charge in [0.15, 0.2) is 0 Å². The highest BCUT2D eigenvalue weighted by Crippen LogP contribution is 2.37. The molecule has 0 saturated carbocycles. The van der Waals surface area contributed by atoms with Gasteiger partial charge in [0, 0.05) is 40.4 Å². The Kier molecular flexibility index (Phi) is 6.17. The largest absolute Gasteiger partial charge is 0.358 e. The molecule has 0 bridgehead atoms. The van der Waals surface area contributed by atoms with Crippen molar-refractivity contribution in [2.75, 3.05) is 18.4 Å². The van der Waals surface area contributed by atoms with E-state index in [4.69, 9.17) is 0 Å². The molecule has 2 aliphatic rings. The lowest BCUT2D eigenvalue weighted by atomic mass is 9.99. The number of aromatic amines is 1. The molecule has 1 fully saturated rings. The van der Waals surface area contributed by atoms with Gasteiger partial charge in [0.25, 0.3) is 11.8 Å². The summed E-state index contributed by atoms with van der Waals surface area (Å²) in [5, 5.41) is 14.0. The van der Waals surface area contributed by atoms with Crippen LogP contribution in [-0.2, 0) is 4.79 Å². The van der Waals surface area contributed by atoms with E-state index >= 15 is 0 Å². The standard InChI is InChI=1S/C30H30N6O2/c1-18-27(33-19(2)28(18)30(38)34-22-10-12-31-13-11-22)15-25-24-14-20(8-9-26(24)35-29(25)37)21-16-32-36(17-21)23-6-4-3-5-7-23/h3-9,14-17,22,31,33H,10-13H2,1-2H3,(H,34,38)(H,35,37). The number of aromatic nitrogens is 3. The smallest absolute Gasteiger partial charge is 0.256 e. The Hall–Kier alpha value is -4.43. The highest BCUT2D eigenvalue weighted by atomic mass is 16.2. The zero-order valence-electron chi connectivity index (χ0n) is 21.5. The van der Waals surface area contributed by atoms with Crippen molar-refractivity contribution in [2.24, 2.45) is 0 Å². The van der Waals surface area contributed by atoms with Crippen LogP contribution in [0, 0.1) is 13.8 Å². The van der Waals surface area contributed by atoms with Crippen LogP contribution in [0.3, 0.4) is 0 Å². The molecule has 8 heteroatoms. The van der Waals surface area contributed by atoms with Crippen molar-refractivity contribution >= 4 is 29.2 Å². The van der Waals surface area contributed by atoms with Crippen LogP contribution in [0.5, 0.6) is 0 Å². The second-order valence-corrected chi connectivity index (χ2v) is 9.94. The van der Waals surface area contributed by atoms with E-state index in [1.807, 2.05) is 85.5 Å². The van der Waals surface area contributed by atoms with Gasteiger partial charge >= 0.3 is 0 Å². The van der Waals surface area contributed by atoms with E-state index in [-0.39, 0.29) is 17.9 Å². The van der Waals surface area contributed by atoms with Crippen LogP contribution in [-0.4, -0.2) is 45.7 Å². The number of carbonyl (C=O) groups excluding carboxylic acids is 2. The fourth-order valence-corrected chi connectivity index (χ4v) is 5.33. The zero-order chi connectivity index (χ0) is 26.2. The minimum absolute atomic E-state index is 0.0678. The van der Waals surface area contributed by atoms with E-state index in [2.05, 4.69) is 26.0 Å². The van der Waals surface area contributed by atoms with Gasteiger partial charge in [-0.05, 0) is 81.2 Å². The maximum absolute atomic E-state index is 13.1. The molecule has 1 saturated heterocycles. The first-order chi connectivity index (χ1) is 18.5. The maximum atomic E-state index is 13.1. The first-order valence-corrected chi connectivity index (χ1v) is 13.0. The summed E-state index contributed by atoms with van der Waals surface area (Å²) < 4.78 is 1.84. The Labute approximate surface area is 221 Å². The molecule has 4 aromatic rings. The van der Waals surface area contributed by atoms with Crippen molar-refractivity contribution in [1.82, 2.24) is 25.4 Å². The third-order valence-electron chi connectivity index (χ3n) is 7.41. The van der Waals surface area contributed by atoms with Crippen molar-refractivity contribution in [3.8, 4) is 16.8 Å². The number of anilines is 1. The predicted octanol–water partition coefficient (Wildman–Crippen LogP) is 4.46. The molecular weight excluding hydrogens is 476 g/mol. The summed E-state index contributed by atoms with van der Waals surface area (Å²) in [6, 6.07) is 16.0. The van der Waals surface area contributed by atoms with E-state index in [0.29, 0.717) is 11.1 Å². The van der Waals surface area contributed by atoms with Gasteiger partial charge < -0.3 is 20.9 Å². The third-order valence-corrected chi connectivity index (χ3v) is 7.41. The number of nitrogens with one attached hydrogen (secondary N) is 4. The number of piperidine rings is 1. The number of carbonyl (C=O) groups is 2. The van der Waals surface area contributed by atoms with Crippen molar-refractivity contribution in [3.63, 3.8) is 0 Å². The molecule has 8 nitrogen and oxygen atoms in total. The highest BCUT2D eigenvalue weighted by Gasteiger charge is 2.27. The Bertz CT molecular complexity index is 1560. The molecule has 4 N–H and O–H groups in total. The number of nitrogens with zero attached hydrogens (tertiary/aromatic N) is 2. The van der Waals surface area contributed by atoms with E-state index in [9.17, 15) is 9.59 Å². The van der Waals surface area contributed by atoms with Gasteiger partial charge in [0.2, 0.25) is 0 Å². The summed E-state index contributed by atoms with van der Waals surface area (Å²) in [7, 11) is 0. The van der Waals surface area contributed by atoms with Gasteiger partial charge in [0.05, 0.1) is 23.0 Å². The molecule has 2 aliphatic heterocycles. The van der Waals surface area contributed by atoms with Crippen molar-refractivity contribution in [1.29, 1.82) is 0 Å². The number of hydrogen-bond donors (Lipinski definition) is 4. The monoisotopic (exact) mass is 506 g/mol. The lowest BCUT2D eigenvalue weighted by molar-refractivity contribution is -0.110. The molecule has 6 rings (SSSR count). The van der Waals surface area contributed by atoms with E-state index in [1.54, 1.807) is 0 Å². The minimum Gasteiger partial charge on any atom is -0.358 e. The molecule has 0 aliphatic carbocycles. The van der Waals surface area contributed by atoms with Crippen LogP contribution in [0.1, 0.15) is 45.7 Å². The summed E-state index contributed by atoms with van der Waals surface area (Å²) >= 11 is 0. The van der Waals surface area contributed by atoms with Crippen LogP contribution in [0.15, 0.2) is 60.9 Å². The lowest BCUT2D eigenvalue weighted by Gasteiger charge is -2.23. The zero-order valence-corrected chi connectivity index (χ0v) is 21.5. The summed E-state index contributed by atoms with van der Waals surface area (Å²) in [5.74, 6) is -0.230. The number of H-pyrrole nitrogens is 1. The number of amides is 2. The number of para-hydroxylation sites is 1. The normalized spacial score (nSPS) is 16.5. The second kappa shape index (κ2) is 9.79. The third kappa shape index (κ3) is 4.43. The first kappa shape index (κ1) is 23.9. The molecule has 0 atom stereocenters. The summed E-state index contributed by atoms with van der Waals surface area (Å²) in [6.45, 7) is 5.65. The van der Waals surface area contributed by atoms with E-state index in [0.717, 1.165) is 70.9 Å². The lowest BCUT2D eigenvalue weighted by Crippen LogP contribution is -2.42. The quantitative estimate of drug-likeness (QED) is 0.300. The van der Waals surface area contributed by atoms with Crippen molar-refractivity contribution in [2.45, 2.75) is 32.7 Å². The van der Waals surface area contributed by atoms with Crippen molar-refractivity contribution < 1.29 is 9.59 Å². The Balaban J connectivity index is 1.30. The Morgan fingerprint density at radius 2 is 1.87 bits per heavy atom. The Morgan fingerprint density at radius 3 is 2.66 bits per heavy atom. The SMILES string of the molecule is Cc1[nH]c(C=C2C(=O)Nc3ccc(-c4cnn(-c5ccccc5)c4)cc32)c(C)c1C(=O)NC1CCNCC1. The summed E-state index contributed by atoms with van der Waals surface area (Å²) in [4.78, 5) is 29.4. The van der Waals surface area contributed by atoms with E-state index in [1.165, 1.54) is 0 Å². The highest BCUT2D eigenvalue weighted by molar-refractivity contribution is 6.35. The fraction of sp³-hybridized carbons (Fsp3) is 0.233. The van der Waals surface area contributed by atoms with Gasteiger partial charge in [-0.1, -0.05) is 24.3 Å².